The summed E-state index contributed by atoms with van der Waals surface area (Å²) < 4.78 is 21.1. The summed E-state index contributed by atoms with van der Waals surface area (Å²) in [6.07, 6.45) is 0. The topological polar surface area (TPSA) is 76.9 Å². The third kappa shape index (κ3) is 2.29. The number of benzene rings is 1. The molecular formula is C13H15FN4O. The van der Waals surface area contributed by atoms with Crippen molar-refractivity contribution >= 4 is 5.84 Å². The van der Waals surface area contributed by atoms with Crippen molar-refractivity contribution in [2.75, 3.05) is 0 Å². The molecule has 5 nitrogen and oxygen atoms in total. The Hall–Kier alpha value is -2.37. The van der Waals surface area contributed by atoms with E-state index in [0.717, 1.165) is 5.69 Å². The molecule has 1 heterocycles. The van der Waals surface area contributed by atoms with E-state index in [2.05, 4.69) is 5.10 Å². The van der Waals surface area contributed by atoms with E-state index in [1.807, 2.05) is 6.92 Å². The fourth-order valence-electron chi connectivity index (χ4n) is 1.86. The molecule has 0 aliphatic heterocycles. The minimum absolute atomic E-state index is 0.0369. The van der Waals surface area contributed by atoms with Crippen LogP contribution in [0.3, 0.4) is 0 Å². The number of hydrogen-bond acceptors (Lipinski definition) is 3. The van der Waals surface area contributed by atoms with Crippen LogP contribution in [0.4, 0.5) is 4.39 Å². The van der Waals surface area contributed by atoms with Crippen molar-refractivity contribution in [2.24, 2.45) is 12.8 Å². The predicted octanol–water partition coefficient (Wildman–Crippen LogP) is 2.25. The van der Waals surface area contributed by atoms with Gasteiger partial charge in [0.1, 0.15) is 23.1 Å². The largest absolute Gasteiger partial charge is 0.453 e. The number of aryl methyl sites for hydroxylation is 2. The number of nitrogens with two attached hydrogens (primary N) is 1. The summed E-state index contributed by atoms with van der Waals surface area (Å²) in [5.74, 6) is -0.182. The van der Waals surface area contributed by atoms with Crippen LogP contribution in [0.15, 0.2) is 18.2 Å². The van der Waals surface area contributed by atoms with Crippen LogP contribution in [0.25, 0.3) is 0 Å². The zero-order valence-corrected chi connectivity index (χ0v) is 11.0. The minimum atomic E-state index is -0.579. The third-order valence-electron chi connectivity index (χ3n) is 2.90. The van der Waals surface area contributed by atoms with Gasteiger partial charge < -0.3 is 10.5 Å². The van der Waals surface area contributed by atoms with Crippen molar-refractivity contribution in [1.82, 2.24) is 9.78 Å². The van der Waals surface area contributed by atoms with Crippen LogP contribution in [-0.2, 0) is 7.05 Å². The Labute approximate surface area is 110 Å². The van der Waals surface area contributed by atoms with Crippen molar-refractivity contribution in [1.29, 1.82) is 5.41 Å². The molecule has 6 heteroatoms. The SMILES string of the molecule is Cc1nn(C)c(C)c1Oc1cccc(F)c1C(=N)N. The van der Waals surface area contributed by atoms with Gasteiger partial charge in [-0.3, -0.25) is 10.1 Å². The first-order valence-electron chi connectivity index (χ1n) is 5.72. The van der Waals surface area contributed by atoms with Gasteiger partial charge in [-0.1, -0.05) is 6.07 Å². The summed E-state index contributed by atoms with van der Waals surface area (Å²) in [4.78, 5) is 0. The molecule has 0 amide bonds. The van der Waals surface area contributed by atoms with Gasteiger partial charge in [0.15, 0.2) is 5.75 Å². The van der Waals surface area contributed by atoms with Gasteiger partial charge in [0.2, 0.25) is 0 Å². The molecule has 2 aromatic rings. The zero-order valence-electron chi connectivity index (χ0n) is 11.0. The molecule has 100 valence electrons. The first kappa shape index (κ1) is 13.1. The Kier molecular flexibility index (Phi) is 3.25. The van der Waals surface area contributed by atoms with E-state index in [9.17, 15) is 4.39 Å². The molecule has 0 aliphatic rings. The normalized spacial score (nSPS) is 10.5. The number of aromatic nitrogens is 2. The highest BCUT2D eigenvalue weighted by Crippen LogP contribution is 2.31. The molecule has 0 atom stereocenters. The van der Waals surface area contributed by atoms with E-state index in [1.165, 1.54) is 12.1 Å². The number of nitrogens with zero attached hydrogens (tertiary/aromatic N) is 2. The summed E-state index contributed by atoms with van der Waals surface area (Å²) >= 11 is 0. The molecule has 19 heavy (non-hydrogen) atoms. The first-order chi connectivity index (χ1) is 8.91. The average Bonchev–Trinajstić information content (AvgIpc) is 2.55. The van der Waals surface area contributed by atoms with Crippen molar-refractivity contribution in [3.05, 3.63) is 41.0 Å². The van der Waals surface area contributed by atoms with Gasteiger partial charge in [-0.2, -0.15) is 5.10 Å². The highest BCUT2D eigenvalue weighted by atomic mass is 19.1. The third-order valence-corrected chi connectivity index (χ3v) is 2.90. The van der Waals surface area contributed by atoms with E-state index in [0.29, 0.717) is 11.4 Å². The minimum Gasteiger partial charge on any atom is -0.453 e. The maximum Gasteiger partial charge on any atom is 0.171 e. The maximum atomic E-state index is 13.7. The summed E-state index contributed by atoms with van der Waals surface area (Å²) in [6, 6.07) is 4.33. The number of amidine groups is 1. The van der Waals surface area contributed by atoms with Crippen LogP contribution in [0.5, 0.6) is 11.5 Å². The molecule has 0 unspecified atom stereocenters. The lowest BCUT2D eigenvalue weighted by atomic mass is 10.1. The highest BCUT2D eigenvalue weighted by molar-refractivity contribution is 5.98. The van der Waals surface area contributed by atoms with E-state index in [1.54, 1.807) is 24.7 Å². The van der Waals surface area contributed by atoms with E-state index >= 15 is 0 Å². The number of halogens is 1. The monoisotopic (exact) mass is 262 g/mol. The summed E-state index contributed by atoms with van der Waals surface area (Å²) in [6.45, 7) is 3.65. The maximum absolute atomic E-state index is 13.7. The van der Waals surface area contributed by atoms with Crippen molar-refractivity contribution < 1.29 is 9.13 Å². The van der Waals surface area contributed by atoms with Crippen LogP contribution in [-0.4, -0.2) is 15.6 Å². The van der Waals surface area contributed by atoms with E-state index in [4.69, 9.17) is 15.9 Å². The van der Waals surface area contributed by atoms with Gasteiger partial charge in [-0.25, -0.2) is 4.39 Å². The lowest BCUT2D eigenvalue weighted by Crippen LogP contribution is -2.14. The van der Waals surface area contributed by atoms with Gasteiger partial charge in [0.05, 0.1) is 11.3 Å². The fourth-order valence-corrected chi connectivity index (χ4v) is 1.86. The van der Waals surface area contributed by atoms with Gasteiger partial charge in [-0.05, 0) is 26.0 Å². The van der Waals surface area contributed by atoms with Gasteiger partial charge in [0, 0.05) is 7.05 Å². The fraction of sp³-hybridized carbons (Fsp3) is 0.231. The molecule has 1 aromatic carbocycles. The smallest absolute Gasteiger partial charge is 0.171 e. The molecule has 3 N–H and O–H groups in total. The summed E-state index contributed by atoms with van der Waals surface area (Å²) in [7, 11) is 1.80. The molecule has 0 saturated heterocycles. The molecule has 0 aliphatic carbocycles. The van der Waals surface area contributed by atoms with Crippen LogP contribution >= 0.6 is 0 Å². The first-order valence-corrected chi connectivity index (χ1v) is 5.72. The molecule has 0 saturated carbocycles. The summed E-state index contributed by atoms with van der Waals surface area (Å²) in [5.41, 5.74) is 6.87. The van der Waals surface area contributed by atoms with E-state index in [-0.39, 0.29) is 17.1 Å². The molecule has 0 fully saturated rings. The Morgan fingerprint density at radius 3 is 2.63 bits per heavy atom. The Balaban J connectivity index is 2.50. The molecule has 1 aromatic heterocycles. The standard InChI is InChI=1S/C13H15FN4O/c1-7-12(8(2)18(3)17-7)19-10-6-4-5-9(14)11(10)13(15)16/h4-6H,1-3H3,(H3,15,16). The lowest BCUT2D eigenvalue weighted by Gasteiger charge is -2.11. The van der Waals surface area contributed by atoms with Crippen LogP contribution in [0, 0.1) is 25.1 Å². The van der Waals surface area contributed by atoms with Gasteiger partial charge in [0.25, 0.3) is 0 Å². The Morgan fingerprint density at radius 2 is 2.11 bits per heavy atom. The van der Waals surface area contributed by atoms with Crippen molar-refractivity contribution in [3.8, 4) is 11.5 Å². The Bertz CT molecular complexity index is 648. The second-order valence-corrected chi connectivity index (χ2v) is 4.25. The van der Waals surface area contributed by atoms with Crippen LogP contribution in [0.2, 0.25) is 0 Å². The quantitative estimate of drug-likeness (QED) is 0.658. The van der Waals surface area contributed by atoms with E-state index < -0.39 is 5.82 Å². The van der Waals surface area contributed by atoms with Crippen LogP contribution < -0.4 is 10.5 Å². The molecule has 0 radical (unpaired) electrons. The average molecular weight is 262 g/mol. The summed E-state index contributed by atoms with van der Waals surface area (Å²) in [5, 5.41) is 11.6. The molecule has 0 bridgehead atoms. The van der Waals surface area contributed by atoms with Crippen molar-refractivity contribution in [2.45, 2.75) is 13.8 Å². The second kappa shape index (κ2) is 4.72. The molecular weight excluding hydrogens is 247 g/mol. The number of ether oxygens (including phenoxy) is 1. The number of nitrogen functional groups attached to an aromatic ring is 1. The lowest BCUT2D eigenvalue weighted by molar-refractivity contribution is 0.467. The second-order valence-electron chi connectivity index (χ2n) is 4.25. The van der Waals surface area contributed by atoms with Crippen molar-refractivity contribution in [3.63, 3.8) is 0 Å². The number of hydrogen-bond donors (Lipinski definition) is 2. The zero-order chi connectivity index (χ0) is 14.2. The Morgan fingerprint density at radius 1 is 1.42 bits per heavy atom. The van der Waals surface area contributed by atoms with Crippen LogP contribution in [0.1, 0.15) is 17.0 Å². The number of rotatable bonds is 3. The predicted molar refractivity (Wildman–Crippen MR) is 70.2 cm³/mol. The van der Waals surface area contributed by atoms with Gasteiger partial charge in [-0.15, -0.1) is 0 Å². The highest BCUT2D eigenvalue weighted by Gasteiger charge is 2.17. The molecule has 2 rings (SSSR count). The number of nitrogens with one attached hydrogen (secondary N) is 1. The van der Waals surface area contributed by atoms with Gasteiger partial charge >= 0.3 is 0 Å². The molecule has 0 spiro atoms.